The number of carbonyl (C=O) groups excluding carboxylic acids is 2. The summed E-state index contributed by atoms with van der Waals surface area (Å²) in [6.45, 7) is 5.47. The van der Waals surface area contributed by atoms with Gasteiger partial charge in [-0.25, -0.2) is 4.79 Å². The minimum Gasteiger partial charge on any atom is -0.479 e. The van der Waals surface area contributed by atoms with Crippen molar-refractivity contribution in [2.45, 2.75) is 49.8 Å². The Morgan fingerprint density at radius 3 is 2.59 bits per heavy atom. The number of carbonyl (C=O) groups is 2. The average molecular weight is 504 g/mol. The Kier molecular flexibility index (Phi) is 9.23. The van der Waals surface area contributed by atoms with E-state index in [0.29, 0.717) is 26.7 Å². The molecule has 2 heterocycles. The number of hydrogen-bond acceptors (Lipinski definition) is 10. The quantitative estimate of drug-likeness (QED) is 0.228. The highest BCUT2D eigenvalue weighted by Crippen LogP contribution is 2.29. The smallest absolute Gasteiger partial charge is 0.352 e. The number of rotatable bonds is 11. The summed E-state index contributed by atoms with van der Waals surface area (Å²) in [7, 11) is 0. The Morgan fingerprint density at radius 1 is 1.18 bits per heavy atom. The third-order valence-corrected chi connectivity index (χ3v) is 6.78. The average Bonchev–Trinajstić information content (AvgIpc) is 3.27. The lowest BCUT2D eigenvalue weighted by Gasteiger charge is -2.13. The van der Waals surface area contributed by atoms with Gasteiger partial charge in [-0.3, -0.25) is 9.59 Å². The molecule has 0 aliphatic heterocycles. The fourth-order valence-corrected chi connectivity index (χ4v) is 4.50. The topological polar surface area (TPSA) is 121 Å². The molecule has 1 N–H and O–H groups in total. The molecule has 9 nitrogen and oxygen atoms in total. The maximum absolute atomic E-state index is 12.4. The Balaban J connectivity index is 1.52. The molecule has 0 spiro atoms. The predicted octanol–water partition coefficient (Wildman–Crippen LogP) is 4.53. The van der Waals surface area contributed by atoms with Crippen LogP contribution in [0.1, 0.15) is 39.4 Å². The molecule has 0 aliphatic rings. The van der Waals surface area contributed by atoms with Gasteiger partial charge in [-0.2, -0.15) is 0 Å². The van der Waals surface area contributed by atoms with Crippen LogP contribution in [0.25, 0.3) is 0 Å². The van der Waals surface area contributed by atoms with Gasteiger partial charge in [-0.1, -0.05) is 55.1 Å². The Bertz CT molecular complexity index is 1160. The van der Waals surface area contributed by atoms with Crippen LogP contribution in [0.4, 0.5) is 5.13 Å². The molecule has 0 fully saturated rings. The molecule has 180 valence electrons. The number of anilines is 1. The van der Waals surface area contributed by atoms with Crippen molar-refractivity contribution in [2.24, 2.45) is 5.92 Å². The van der Waals surface area contributed by atoms with Crippen LogP contribution >= 0.6 is 23.1 Å². The first-order chi connectivity index (χ1) is 16.4. The number of amides is 1. The van der Waals surface area contributed by atoms with E-state index in [1.165, 1.54) is 36.1 Å². The SMILES string of the molecule is CCC(CC)C(=O)Nc1nnc(SCc2cc(=O)c(OC(=O)C(C)Oc3ccccc3)co2)s1. The van der Waals surface area contributed by atoms with Crippen molar-refractivity contribution in [3.63, 3.8) is 0 Å². The third-order valence-electron chi connectivity index (χ3n) is 4.78. The fraction of sp³-hybridized carbons (Fsp3) is 0.348. The molecule has 2 aromatic heterocycles. The van der Waals surface area contributed by atoms with E-state index in [0.717, 1.165) is 19.1 Å². The molecule has 0 radical (unpaired) electrons. The predicted molar refractivity (Wildman–Crippen MR) is 129 cm³/mol. The van der Waals surface area contributed by atoms with Gasteiger partial charge in [0.15, 0.2) is 10.4 Å². The molecule has 0 aliphatic carbocycles. The Morgan fingerprint density at radius 2 is 1.91 bits per heavy atom. The standard InChI is InChI=1S/C23H25N3O6S2/c1-4-15(5-2)20(28)24-22-25-26-23(34-22)33-13-17-11-18(27)19(12-30-17)32-21(29)14(3)31-16-9-7-6-8-10-16/h6-12,14-15H,4-5,13H2,1-3H3,(H,24,25,28). The lowest BCUT2D eigenvalue weighted by molar-refractivity contribution is -0.141. The van der Waals surface area contributed by atoms with Crippen molar-refractivity contribution >= 4 is 40.1 Å². The minimum absolute atomic E-state index is 0.0604. The van der Waals surface area contributed by atoms with E-state index in [-0.39, 0.29) is 17.6 Å². The van der Waals surface area contributed by atoms with Crippen molar-refractivity contribution in [3.8, 4) is 11.5 Å². The number of thioether (sulfide) groups is 1. The summed E-state index contributed by atoms with van der Waals surface area (Å²) >= 11 is 2.55. The van der Waals surface area contributed by atoms with Crippen molar-refractivity contribution in [3.05, 3.63) is 58.6 Å². The molecule has 0 saturated heterocycles. The first-order valence-corrected chi connectivity index (χ1v) is 12.5. The summed E-state index contributed by atoms with van der Waals surface area (Å²) in [5.74, 6) is 0.140. The number of hydrogen-bond donors (Lipinski definition) is 1. The second kappa shape index (κ2) is 12.3. The van der Waals surface area contributed by atoms with Gasteiger partial charge >= 0.3 is 5.97 Å². The molecule has 3 aromatic rings. The zero-order chi connectivity index (χ0) is 24.5. The molecule has 0 bridgehead atoms. The monoisotopic (exact) mass is 503 g/mol. The molecule has 3 rings (SSSR count). The Labute approximate surface area is 204 Å². The van der Waals surface area contributed by atoms with Gasteiger partial charge in [0.25, 0.3) is 0 Å². The minimum atomic E-state index is -0.908. The summed E-state index contributed by atoms with van der Waals surface area (Å²) in [5.41, 5.74) is -0.488. The van der Waals surface area contributed by atoms with Gasteiger partial charge in [-0.15, -0.1) is 10.2 Å². The van der Waals surface area contributed by atoms with E-state index in [9.17, 15) is 14.4 Å². The third kappa shape index (κ3) is 7.16. The summed E-state index contributed by atoms with van der Waals surface area (Å²) in [6, 6.07) is 10.1. The molecular weight excluding hydrogens is 478 g/mol. The fourth-order valence-electron chi connectivity index (χ4n) is 2.85. The lowest BCUT2D eigenvalue weighted by atomic mass is 10.0. The van der Waals surface area contributed by atoms with E-state index in [2.05, 4.69) is 15.5 Å². The summed E-state index contributed by atoms with van der Waals surface area (Å²) in [6.07, 6.45) is 1.71. The second-order valence-corrected chi connectivity index (χ2v) is 9.43. The number of esters is 1. The normalized spacial score (nSPS) is 11.8. The van der Waals surface area contributed by atoms with Gasteiger partial charge in [0.2, 0.25) is 22.2 Å². The molecule has 11 heteroatoms. The molecule has 1 atom stereocenters. The largest absolute Gasteiger partial charge is 0.479 e. The van der Waals surface area contributed by atoms with Crippen LogP contribution in [0.2, 0.25) is 0 Å². The van der Waals surface area contributed by atoms with Crippen LogP contribution in [0.5, 0.6) is 11.5 Å². The number of para-hydroxylation sites is 1. The van der Waals surface area contributed by atoms with Crippen molar-refractivity contribution in [1.82, 2.24) is 10.2 Å². The van der Waals surface area contributed by atoms with Gasteiger partial charge in [-0.05, 0) is 31.9 Å². The molecule has 0 saturated carbocycles. The maximum atomic E-state index is 12.4. The maximum Gasteiger partial charge on any atom is 0.352 e. The number of benzene rings is 1. The lowest BCUT2D eigenvalue weighted by Crippen LogP contribution is -2.29. The van der Waals surface area contributed by atoms with E-state index >= 15 is 0 Å². The zero-order valence-corrected chi connectivity index (χ0v) is 20.6. The number of nitrogens with one attached hydrogen (secondary N) is 1. The summed E-state index contributed by atoms with van der Waals surface area (Å²) < 4.78 is 16.7. The number of ether oxygens (including phenoxy) is 2. The first kappa shape index (κ1) is 25.4. The highest BCUT2D eigenvalue weighted by Gasteiger charge is 2.20. The first-order valence-electron chi connectivity index (χ1n) is 10.7. The highest BCUT2D eigenvalue weighted by atomic mass is 32.2. The van der Waals surface area contributed by atoms with Crippen LogP contribution < -0.4 is 20.2 Å². The summed E-state index contributed by atoms with van der Waals surface area (Å²) in [4.78, 5) is 36.8. The van der Waals surface area contributed by atoms with E-state index < -0.39 is 17.5 Å². The molecule has 1 unspecified atom stereocenters. The van der Waals surface area contributed by atoms with Crippen molar-refractivity contribution in [1.29, 1.82) is 0 Å². The Hall–Kier alpha value is -3.18. The molecule has 1 amide bonds. The van der Waals surface area contributed by atoms with E-state index in [1.807, 2.05) is 19.9 Å². The van der Waals surface area contributed by atoms with Crippen LogP contribution in [0.3, 0.4) is 0 Å². The molecular formula is C23H25N3O6S2. The van der Waals surface area contributed by atoms with Crippen LogP contribution in [0.15, 0.2) is 56.2 Å². The number of aromatic nitrogens is 2. The second-order valence-electron chi connectivity index (χ2n) is 7.23. The van der Waals surface area contributed by atoms with Crippen LogP contribution in [-0.4, -0.2) is 28.2 Å². The van der Waals surface area contributed by atoms with Crippen LogP contribution in [0, 0.1) is 5.92 Å². The van der Waals surface area contributed by atoms with Gasteiger partial charge in [0.05, 0.1) is 5.75 Å². The van der Waals surface area contributed by atoms with Crippen molar-refractivity contribution < 1.29 is 23.5 Å². The summed E-state index contributed by atoms with van der Waals surface area (Å²) in [5, 5.41) is 11.2. The highest BCUT2D eigenvalue weighted by molar-refractivity contribution is 8.00. The van der Waals surface area contributed by atoms with Gasteiger partial charge in [0.1, 0.15) is 17.8 Å². The van der Waals surface area contributed by atoms with Gasteiger partial charge in [0, 0.05) is 12.0 Å². The van der Waals surface area contributed by atoms with E-state index in [4.69, 9.17) is 13.9 Å². The molecule has 1 aromatic carbocycles. The number of nitrogens with zero attached hydrogens (tertiary/aromatic N) is 2. The van der Waals surface area contributed by atoms with Crippen LogP contribution in [-0.2, 0) is 15.3 Å². The zero-order valence-electron chi connectivity index (χ0n) is 19.0. The van der Waals surface area contributed by atoms with Gasteiger partial charge < -0.3 is 19.2 Å². The van der Waals surface area contributed by atoms with E-state index in [1.54, 1.807) is 24.3 Å². The molecule has 34 heavy (non-hydrogen) atoms. The van der Waals surface area contributed by atoms with Crippen molar-refractivity contribution in [2.75, 3.05) is 5.32 Å².